The lowest BCUT2D eigenvalue weighted by atomic mass is 10.2. The molecule has 0 aromatic heterocycles. The van der Waals surface area contributed by atoms with Gasteiger partial charge in [0.1, 0.15) is 0 Å². The number of guanidine groups is 1. The number of rotatable bonds is 8. The summed E-state index contributed by atoms with van der Waals surface area (Å²) < 4.78 is 20.8. The first-order chi connectivity index (χ1) is 13.6. The van der Waals surface area contributed by atoms with Gasteiger partial charge in [-0.05, 0) is 47.5 Å². The van der Waals surface area contributed by atoms with Crippen LogP contribution in [0.5, 0.6) is 23.0 Å². The second kappa shape index (κ2) is 10.4. The van der Waals surface area contributed by atoms with Gasteiger partial charge in [0.05, 0.1) is 40.9 Å². The van der Waals surface area contributed by atoms with Gasteiger partial charge in [0.25, 0.3) is 0 Å². The molecule has 0 fully saturated rings. The summed E-state index contributed by atoms with van der Waals surface area (Å²) in [6.45, 7) is 0. The Morgan fingerprint density at radius 2 is 1.29 bits per heavy atom. The molecule has 0 unspecified atom stereocenters. The molecule has 0 spiro atoms. The van der Waals surface area contributed by atoms with E-state index in [1.54, 1.807) is 58.9 Å². The largest absolute Gasteiger partial charge is 0.493 e. The number of nitrogens with zero attached hydrogens (tertiary/aromatic N) is 3. The molecule has 0 aliphatic heterocycles. The standard InChI is InChI=1S/C19H23N5O4/c1-25-15-7-5-13(9-17(15)27-3)11-21-23-19(20)24-22-12-14-6-8-16(26-2)18(10-14)28-4/h5-12H,1-4H3,(H3,20,23,24)/b21-11+,22-12+. The van der Waals surface area contributed by atoms with E-state index in [2.05, 4.69) is 20.7 Å². The summed E-state index contributed by atoms with van der Waals surface area (Å²) in [6.07, 6.45) is 3.11. The van der Waals surface area contributed by atoms with Crippen molar-refractivity contribution in [2.45, 2.75) is 0 Å². The second-order valence-corrected chi connectivity index (χ2v) is 5.33. The molecule has 2 rings (SSSR count). The van der Waals surface area contributed by atoms with Crippen molar-refractivity contribution in [1.82, 2.24) is 5.43 Å². The Kier molecular flexibility index (Phi) is 7.64. The number of nitrogens with two attached hydrogens (primary N) is 1. The molecule has 9 nitrogen and oxygen atoms in total. The van der Waals surface area contributed by atoms with E-state index in [4.69, 9.17) is 24.7 Å². The van der Waals surface area contributed by atoms with Crippen molar-refractivity contribution < 1.29 is 18.9 Å². The summed E-state index contributed by atoms with van der Waals surface area (Å²) in [4.78, 5) is 0. The zero-order valence-electron chi connectivity index (χ0n) is 16.2. The molecule has 0 aliphatic rings. The molecule has 0 aliphatic carbocycles. The van der Waals surface area contributed by atoms with Gasteiger partial charge in [-0.15, -0.1) is 5.10 Å². The Hall–Kier alpha value is -3.75. The average molecular weight is 385 g/mol. The van der Waals surface area contributed by atoms with Gasteiger partial charge in [0.15, 0.2) is 23.0 Å². The molecule has 3 N–H and O–H groups in total. The van der Waals surface area contributed by atoms with E-state index in [0.717, 1.165) is 11.1 Å². The SMILES string of the molecule is COc1ccc(/C=N/N=C(N)N/N=C/c2ccc(OC)c(OC)c2)cc1OC. The molecule has 0 heterocycles. The van der Waals surface area contributed by atoms with Crippen LogP contribution in [0.1, 0.15) is 11.1 Å². The van der Waals surface area contributed by atoms with E-state index < -0.39 is 0 Å². The van der Waals surface area contributed by atoms with Gasteiger partial charge in [0.2, 0.25) is 5.96 Å². The van der Waals surface area contributed by atoms with Crippen LogP contribution in [-0.2, 0) is 0 Å². The highest BCUT2D eigenvalue weighted by Gasteiger charge is 2.03. The summed E-state index contributed by atoms with van der Waals surface area (Å²) >= 11 is 0. The fourth-order valence-electron chi connectivity index (χ4n) is 2.22. The van der Waals surface area contributed by atoms with Crippen LogP contribution < -0.4 is 30.1 Å². The molecule has 28 heavy (non-hydrogen) atoms. The maximum absolute atomic E-state index is 5.73. The zero-order valence-corrected chi connectivity index (χ0v) is 16.2. The lowest BCUT2D eigenvalue weighted by molar-refractivity contribution is 0.355. The van der Waals surface area contributed by atoms with E-state index in [1.165, 1.54) is 6.21 Å². The topological polar surface area (TPSA) is 112 Å². The van der Waals surface area contributed by atoms with Crippen LogP contribution in [0.15, 0.2) is 51.7 Å². The van der Waals surface area contributed by atoms with Crippen LogP contribution in [0.3, 0.4) is 0 Å². The summed E-state index contributed by atoms with van der Waals surface area (Å²) in [5.74, 6) is 2.51. The first-order valence-corrected chi connectivity index (χ1v) is 8.21. The molecule has 0 amide bonds. The minimum absolute atomic E-state index is 0.0356. The molecule has 148 valence electrons. The van der Waals surface area contributed by atoms with E-state index in [1.807, 2.05) is 12.1 Å². The molecule has 2 aromatic rings. The van der Waals surface area contributed by atoms with Gasteiger partial charge >= 0.3 is 0 Å². The number of benzene rings is 2. The maximum Gasteiger partial charge on any atom is 0.234 e. The van der Waals surface area contributed by atoms with Crippen molar-refractivity contribution in [2.24, 2.45) is 21.0 Å². The van der Waals surface area contributed by atoms with Gasteiger partial charge in [0, 0.05) is 0 Å². The van der Waals surface area contributed by atoms with Crippen LogP contribution in [-0.4, -0.2) is 46.8 Å². The van der Waals surface area contributed by atoms with Crippen LogP contribution in [0.4, 0.5) is 0 Å². The number of nitrogens with one attached hydrogen (secondary N) is 1. The van der Waals surface area contributed by atoms with Crippen LogP contribution in [0.2, 0.25) is 0 Å². The van der Waals surface area contributed by atoms with Gasteiger partial charge in [-0.3, -0.25) is 0 Å². The molecule has 0 saturated carbocycles. The molecule has 0 atom stereocenters. The third-order valence-electron chi connectivity index (χ3n) is 3.58. The number of hydrogen-bond donors (Lipinski definition) is 2. The molecular weight excluding hydrogens is 362 g/mol. The fraction of sp³-hybridized carbons (Fsp3) is 0.211. The Bertz CT molecular complexity index is 881. The molecule has 0 saturated heterocycles. The quantitative estimate of drug-likeness (QED) is 0.408. The van der Waals surface area contributed by atoms with Crippen molar-refractivity contribution in [1.29, 1.82) is 0 Å². The molecule has 9 heteroatoms. The molecule has 2 aromatic carbocycles. The number of hydrogen-bond acceptors (Lipinski definition) is 7. The van der Waals surface area contributed by atoms with Gasteiger partial charge in [-0.25, -0.2) is 5.43 Å². The Morgan fingerprint density at radius 1 is 0.786 bits per heavy atom. The highest BCUT2D eigenvalue weighted by Crippen LogP contribution is 2.27. The summed E-state index contributed by atoms with van der Waals surface area (Å²) in [5.41, 5.74) is 9.90. The van der Waals surface area contributed by atoms with E-state index in [0.29, 0.717) is 23.0 Å². The minimum Gasteiger partial charge on any atom is -0.493 e. The number of methoxy groups -OCH3 is 4. The number of ether oxygens (including phenoxy) is 4. The highest BCUT2D eigenvalue weighted by atomic mass is 16.5. The predicted octanol–water partition coefficient (Wildman–Crippen LogP) is 1.99. The number of hydrazone groups is 1. The Morgan fingerprint density at radius 3 is 1.79 bits per heavy atom. The smallest absolute Gasteiger partial charge is 0.234 e. The zero-order chi connectivity index (χ0) is 20.4. The first kappa shape index (κ1) is 20.6. The van der Waals surface area contributed by atoms with E-state index in [9.17, 15) is 0 Å². The van der Waals surface area contributed by atoms with Crippen molar-refractivity contribution in [3.8, 4) is 23.0 Å². The van der Waals surface area contributed by atoms with E-state index >= 15 is 0 Å². The van der Waals surface area contributed by atoms with Crippen LogP contribution in [0, 0.1) is 0 Å². The van der Waals surface area contributed by atoms with Crippen molar-refractivity contribution in [3.05, 3.63) is 47.5 Å². The third kappa shape index (κ3) is 5.63. The third-order valence-corrected chi connectivity index (χ3v) is 3.58. The normalized spacial score (nSPS) is 11.6. The summed E-state index contributed by atoms with van der Waals surface area (Å²) in [6, 6.07) is 10.8. The Balaban J connectivity index is 1.97. The second-order valence-electron chi connectivity index (χ2n) is 5.33. The van der Waals surface area contributed by atoms with Crippen LogP contribution >= 0.6 is 0 Å². The molecule has 0 bridgehead atoms. The van der Waals surface area contributed by atoms with Crippen LogP contribution in [0.25, 0.3) is 0 Å². The first-order valence-electron chi connectivity index (χ1n) is 8.21. The highest BCUT2D eigenvalue weighted by molar-refractivity contribution is 5.85. The lowest BCUT2D eigenvalue weighted by Crippen LogP contribution is -2.26. The lowest BCUT2D eigenvalue weighted by Gasteiger charge is -2.07. The fourth-order valence-corrected chi connectivity index (χ4v) is 2.22. The van der Waals surface area contributed by atoms with Crippen molar-refractivity contribution in [2.75, 3.05) is 28.4 Å². The molecule has 0 radical (unpaired) electrons. The van der Waals surface area contributed by atoms with Gasteiger partial charge in [-0.1, -0.05) is 0 Å². The average Bonchev–Trinajstić information content (AvgIpc) is 2.73. The summed E-state index contributed by atoms with van der Waals surface area (Å²) in [7, 11) is 6.28. The minimum atomic E-state index is 0.0356. The van der Waals surface area contributed by atoms with Gasteiger partial charge in [-0.2, -0.15) is 10.2 Å². The molecular formula is C19H23N5O4. The maximum atomic E-state index is 5.73. The Labute approximate surface area is 163 Å². The predicted molar refractivity (Wildman–Crippen MR) is 109 cm³/mol. The summed E-state index contributed by atoms with van der Waals surface area (Å²) in [5, 5.41) is 11.8. The van der Waals surface area contributed by atoms with Crippen molar-refractivity contribution >= 4 is 18.4 Å². The van der Waals surface area contributed by atoms with E-state index in [-0.39, 0.29) is 5.96 Å². The van der Waals surface area contributed by atoms with Gasteiger partial charge < -0.3 is 24.7 Å². The monoisotopic (exact) mass is 385 g/mol. The van der Waals surface area contributed by atoms with Crippen molar-refractivity contribution in [3.63, 3.8) is 0 Å².